The Morgan fingerprint density at radius 2 is 1.86 bits per heavy atom. The molecule has 6 nitrogen and oxygen atoms in total. The van der Waals surface area contributed by atoms with Crippen LogP contribution in [0.3, 0.4) is 0 Å². The van der Waals surface area contributed by atoms with Gasteiger partial charge in [0.25, 0.3) is 5.91 Å². The standard InChI is InChI=1S/C28H30ClFN4O2/c1-27(2,3)15-9-11-16(12-10-15)31-25(35)17-13-21-22(18-14-28(4,5)36-24(17)18)33-26(32-21)34-23-19(29)7-6-8-20(23)30/h6-13,26,32-34H,14H2,1-5H3,(H,31,35). The van der Waals surface area contributed by atoms with Gasteiger partial charge in [-0.2, -0.15) is 0 Å². The minimum Gasteiger partial charge on any atom is -0.486 e. The van der Waals surface area contributed by atoms with Crippen LogP contribution < -0.4 is 26.0 Å². The monoisotopic (exact) mass is 508 g/mol. The second-order valence-corrected chi connectivity index (χ2v) is 11.3. The summed E-state index contributed by atoms with van der Waals surface area (Å²) in [5.41, 5.74) is 4.55. The SMILES string of the molecule is CC1(C)Cc2c3c(cc(C(=O)Nc4ccc(C(C)(C)C)cc4)c2O1)NC(Nc1c(F)cccc1Cl)N3. The summed E-state index contributed by atoms with van der Waals surface area (Å²) >= 11 is 6.20. The molecule has 1 unspecified atom stereocenters. The van der Waals surface area contributed by atoms with E-state index in [0.29, 0.717) is 23.4 Å². The van der Waals surface area contributed by atoms with Gasteiger partial charge in [-0.1, -0.05) is 50.6 Å². The Labute approximate surface area is 215 Å². The van der Waals surface area contributed by atoms with Crippen molar-refractivity contribution in [2.45, 2.75) is 58.3 Å². The summed E-state index contributed by atoms with van der Waals surface area (Å²) in [5.74, 6) is -0.152. The summed E-state index contributed by atoms with van der Waals surface area (Å²) in [7, 11) is 0. The van der Waals surface area contributed by atoms with Crippen molar-refractivity contribution in [2.24, 2.45) is 0 Å². The summed E-state index contributed by atoms with van der Waals surface area (Å²) in [6, 6.07) is 14.2. The molecule has 4 N–H and O–H groups in total. The van der Waals surface area contributed by atoms with E-state index in [-0.39, 0.29) is 22.0 Å². The van der Waals surface area contributed by atoms with Crippen molar-refractivity contribution in [2.75, 3.05) is 21.3 Å². The zero-order chi connectivity index (χ0) is 25.8. The lowest BCUT2D eigenvalue weighted by Gasteiger charge is -2.20. The van der Waals surface area contributed by atoms with E-state index in [1.165, 1.54) is 11.6 Å². The third-order valence-electron chi connectivity index (χ3n) is 6.45. The van der Waals surface area contributed by atoms with Crippen LogP contribution in [-0.4, -0.2) is 17.8 Å². The average molecular weight is 509 g/mol. The summed E-state index contributed by atoms with van der Waals surface area (Å²) in [4.78, 5) is 13.4. The highest BCUT2D eigenvalue weighted by molar-refractivity contribution is 6.33. The number of nitrogens with one attached hydrogen (secondary N) is 4. The fourth-order valence-electron chi connectivity index (χ4n) is 4.63. The number of anilines is 4. The molecule has 0 saturated carbocycles. The highest BCUT2D eigenvalue weighted by Gasteiger charge is 2.39. The van der Waals surface area contributed by atoms with E-state index in [9.17, 15) is 9.18 Å². The zero-order valence-corrected chi connectivity index (χ0v) is 21.7. The van der Waals surface area contributed by atoms with Gasteiger partial charge in [0, 0.05) is 17.7 Å². The summed E-state index contributed by atoms with van der Waals surface area (Å²) in [6.45, 7) is 10.4. The molecular formula is C28H30ClFN4O2. The average Bonchev–Trinajstić information content (AvgIpc) is 3.34. The lowest BCUT2D eigenvalue weighted by atomic mass is 9.87. The molecule has 8 heteroatoms. The van der Waals surface area contributed by atoms with Gasteiger partial charge in [0.15, 0.2) is 6.29 Å². The number of para-hydroxylation sites is 1. The predicted octanol–water partition coefficient (Wildman–Crippen LogP) is 6.98. The molecule has 0 saturated heterocycles. The number of carbonyl (C=O) groups excluding carboxylic acids is 1. The van der Waals surface area contributed by atoms with Crippen molar-refractivity contribution in [1.29, 1.82) is 0 Å². The Balaban J connectivity index is 1.43. The van der Waals surface area contributed by atoms with Gasteiger partial charge in [-0.15, -0.1) is 0 Å². The lowest BCUT2D eigenvalue weighted by molar-refractivity contribution is 0.101. The molecule has 0 aliphatic carbocycles. The molecule has 3 aromatic rings. The van der Waals surface area contributed by atoms with Crippen molar-refractivity contribution < 1.29 is 13.9 Å². The summed E-state index contributed by atoms with van der Waals surface area (Å²) in [5, 5.41) is 13.0. The molecule has 1 atom stereocenters. The van der Waals surface area contributed by atoms with Gasteiger partial charge in [-0.25, -0.2) is 4.39 Å². The Morgan fingerprint density at radius 3 is 2.53 bits per heavy atom. The van der Waals surface area contributed by atoms with E-state index in [4.69, 9.17) is 16.3 Å². The molecule has 0 spiro atoms. The Bertz CT molecular complexity index is 1330. The minimum atomic E-state index is -0.523. The molecule has 2 aliphatic rings. The van der Waals surface area contributed by atoms with Crippen LogP contribution in [-0.2, 0) is 11.8 Å². The number of benzene rings is 3. The van der Waals surface area contributed by atoms with Crippen molar-refractivity contribution in [3.63, 3.8) is 0 Å². The van der Waals surface area contributed by atoms with Crippen LogP contribution in [0.25, 0.3) is 0 Å². The quantitative estimate of drug-likeness (QED) is 0.306. The van der Waals surface area contributed by atoms with E-state index in [2.05, 4.69) is 42.0 Å². The van der Waals surface area contributed by atoms with E-state index in [0.717, 1.165) is 16.9 Å². The molecule has 188 valence electrons. The maximum atomic E-state index is 14.3. The van der Waals surface area contributed by atoms with Crippen LogP contribution in [0.5, 0.6) is 5.75 Å². The molecule has 36 heavy (non-hydrogen) atoms. The number of carbonyl (C=O) groups is 1. The number of hydrogen-bond acceptors (Lipinski definition) is 5. The molecule has 0 radical (unpaired) electrons. The molecular weight excluding hydrogens is 479 g/mol. The third-order valence-corrected chi connectivity index (χ3v) is 6.77. The van der Waals surface area contributed by atoms with Crippen molar-refractivity contribution in [1.82, 2.24) is 0 Å². The molecule has 5 rings (SSSR count). The number of rotatable bonds is 4. The largest absolute Gasteiger partial charge is 0.486 e. The van der Waals surface area contributed by atoms with E-state index >= 15 is 0 Å². The number of hydrogen-bond donors (Lipinski definition) is 4. The highest BCUT2D eigenvalue weighted by Crippen LogP contribution is 2.48. The Morgan fingerprint density at radius 1 is 1.14 bits per heavy atom. The van der Waals surface area contributed by atoms with Gasteiger partial charge in [-0.3, -0.25) is 4.79 Å². The second kappa shape index (κ2) is 8.59. The summed E-state index contributed by atoms with van der Waals surface area (Å²) < 4.78 is 20.6. The van der Waals surface area contributed by atoms with Crippen LogP contribution in [0.4, 0.5) is 27.1 Å². The first kappa shape index (κ1) is 24.3. The van der Waals surface area contributed by atoms with Crippen LogP contribution in [0.1, 0.15) is 56.1 Å². The fraction of sp³-hybridized carbons (Fsp3) is 0.321. The highest BCUT2D eigenvalue weighted by atomic mass is 35.5. The van der Waals surface area contributed by atoms with Crippen molar-refractivity contribution in [3.8, 4) is 5.75 Å². The van der Waals surface area contributed by atoms with Gasteiger partial charge in [-0.05, 0) is 55.2 Å². The molecule has 0 bridgehead atoms. The lowest BCUT2D eigenvalue weighted by Crippen LogP contribution is -2.32. The molecule has 0 aromatic heterocycles. The maximum Gasteiger partial charge on any atom is 0.259 e. The number of ether oxygens (including phenoxy) is 1. The van der Waals surface area contributed by atoms with E-state index in [1.807, 2.05) is 38.1 Å². The topological polar surface area (TPSA) is 74.4 Å². The first-order valence-electron chi connectivity index (χ1n) is 12.0. The molecule has 3 aromatic carbocycles. The minimum absolute atomic E-state index is 0.0267. The Hall–Kier alpha value is -3.45. The number of amides is 1. The normalized spacial score (nSPS) is 17.4. The van der Waals surface area contributed by atoms with E-state index < -0.39 is 17.7 Å². The van der Waals surface area contributed by atoms with Crippen LogP contribution in [0, 0.1) is 5.82 Å². The smallest absolute Gasteiger partial charge is 0.259 e. The first-order valence-corrected chi connectivity index (χ1v) is 12.3. The first-order chi connectivity index (χ1) is 16.9. The molecule has 2 heterocycles. The van der Waals surface area contributed by atoms with Gasteiger partial charge >= 0.3 is 0 Å². The second-order valence-electron chi connectivity index (χ2n) is 10.9. The van der Waals surface area contributed by atoms with Crippen molar-refractivity contribution >= 4 is 40.3 Å². The maximum absolute atomic E-state index is 14.3. The van der Waals surface area contributed by atoms with Gasteiger partial charge in [0.2, 0.25) is 0 Å². The molecule has 1 amide bonds. The van der Waals surface area contributed by atoms with Crippen LogP contribution >= 0.6 is 11.6 Å². The van der Waals surface area contributed by atoms with Gasteiger partial charge in [0.1, 0.15) is 17.2 Å². The van der Waals surface area contributed by atoms with E-state index in [1.54, 1.807) is 18.2 Å². The number of fused-ring (bicyclic) bond motifs is 3. The molecule has 0 fully saturated rings. The molecule has 2 aliphatic heterocycles. The zero-order valence-electron chi connectivity index (χ0n) is 21.0. The van der Waals surface area contributed by atoms with Crippen molar-refractivity contribution in [3.05, 3.63) is 76.1 Å². The van der Waals surface area contributed by atoms with Gasteiger partial charge < -0.3 is 26.0 Å². The van der Waals surface area contributed by atoms with Crippen LogP contribution in [0.15, 0.2) is 48.5 Å². The fourth-order valence-corrected chi connectivity index (χ4v) is 4.85. The number of halogens is 2. The van der Waals surface area contributed by atoms with Crippen LogP contribution in [0.2, 0.25) is 5.02 Å². The van der Waals surface area contributed by atoms with Gasteiger partial charge in [0.05, 0.1) is 27.6 Å². The predicted molar refractivity (Wildman–Crippen MR) is 144 cm³/mol. The summed E-state index contributed by atoms with van der Waals surface area (Å²) in [6.07, 6.45) is 0.0963. The Kier molecular flexibility index (Phi) is 5.79. The third kappa shape index (κ3) is 4.55.